The lowest BCUT2D eigenvalue weighted by Crippen LogP contribution is -2.49. The van der Waals surface area contributed by atoms with Crippen LogP contribution in [-0.2, 0) is 12.1 Å². The molecule has 2 saturated heterocycles. The predicted octanol–water partition coefficient (Wildman–Crippen LogP) is 3.72. The highest BCUT2D eigenvalue weighted by Crippen LogP contribution is 2.47. The Morgan fingerprint density at radius 3 is 2.38 bits per heavy atom. The molecule has 0 spiro atoms. The molecule has 2 heterocycles. The molecule has 0 radical (unpaired) electrons. The molecule has 2 aliphatic heterocycles. The fourth-order valence-electron chi connectivity index (χ4n) is 4.85. The van der Waals surface area contributed by atoms with Crippen molar-refractivity contribution in [1.82, 2.24) is 4.90 Å². The molecule has 2 bridgehead atoms. The van der Waals surface area contributed by atoms with Crippen LogP contribution in [0, 0.1) is 6.92 Å². The van der Waals surface area contributed by atoms with Gasteiger partial charge in [-0.15, -0.1) is 0 Å². The molecule has 4 nitrogen and oxygen atoms in total. The average Bonchev–Trinajstić information content (AvgIpc) is 2.88. The van der Waals surface area contributed by atoms with Gasteiger partial charge in [0.05, 0.1) is 12.7 Å². The Balaban J connectivity index is 1.57. The smallest absolute Gasteiger partial charge is 0.162 e. The first-order valence-electron chi connectivity index (χ1n) is 9.40. The third kappa shape index (κ3) is 2.97. The highest BCUT2D eigenvalue weighted by Gasteiger charge is 2.48. The number of hydrogen-bond donors (Lipinski definition) is 2. The van der Waals surface area contributed by atoms with Crippen LogP contribution in [0.3, 0.4) is 0 Å². The molecule has 2 aliphatic rings. The maximum Gasteiger partial charge on any atom is 0.162 e. The van der Waals surface area contributed by atoms with E-state index in [4.69, 9.17) is 4.74 Å². The number of piperidine rings is 1. The van der Waals surface area contributed by atoms with E-state index in [-0.39, 0.29) is 5.75 Å². The number of aryl methyl sites for hydroxylation is 1. The standard InChI is InChI=1S/C22H27NO3/c1-15-10-16(21(24)20(11-15)26-2)14-23-18-8-9-19(23)13-22(25,12-18)17-6-4-3-5-7-17/h3-7,10-11,18-19,24-25H,8-9,12-14H2,1-2H3. The van der Waals surface area contributed by atoms with E-state index >= 15 is 0 Å². The molecule has 2 N–H and O–H groups in total. The number of methoxy groups -OCH3 is 1. The van der Waals surface area contributed by atoms with Crippen molar-refractivity contribution in [3.05, 3.63) is 59.2 Å². The number of aliphatic hydroxyl groups is 1. The molecule has 26 heavy (non-hydrogen) atoms. The number of rotatable bonds is 4. The van der Waals surface area contributed by atoms with Gasteiger partial charge in [-0.25, -0.2) is 0 Å². The molecule has 0 amide bonds. The second-order valence-electron chi connectivity index (χ2n) is 7.84. The number of ether oxygens (including phenoxy) is 1. The quantitative estimate of drug-likeness (QED) is 0.879. The summed E-state index contributed by atoms with van der Waals surface area (Å²) in [6.45, 7) is 2.72. The van der Waals surface area contributed by atoms with Crippen LogP contribution in [0.5, 0.6) is 11.5 Å². The molecule has 2 atom stereocenters. The van der Waals surface area contributed by atoms with Gasteiger partial charge >= 0.3 is 0 Å². The van der Waals surface area contributed by atoms with Crippen molar-refractivity contribution in [3.63, 3.8) is 0 Å². The van der Waals surface area contributed by atoms with Crippen LogP contribution < -0.4 is 4.74 Å². The van der Waals surface area contributed by atoms with Crippen LogP contribution in [0.2, 0.25) is 0 Å². The molecule has 138 valence electrons. The van der Waals surface area contributed by atoms with E-state index in [2.05, 4.69) is 4.90 Å². The van der Waals surface area contributed by atoms with E-state index in [0.717, 1.165) is 42.4 Å². The van der Waals surface area contributed by atoms with Crippen LogP contribution in [0.25, 0.3) is 0 Å². The summed E-state index contributed by atoms with van der Waals surface area (Å²) in [5, 5.41) is 21.8. The highest BCUT2D eigenvalue weighted by atomic mass is 16.5. The van der Waals surface area contributed by atoms with Gasteiger partial charge < -0.3 is 14.9 Å². The Morgan fingerprint density at radius 2 is 1.77 bits per heavy atom. The fraction of sp³-hybridized carbons (Fsp3) is 0.455. The summed E-state index contributed by atoms with van der Waals surface area (Å²) in [5.74, 6) is 0.770. The van der Waals surface area contributed by atoms with Crippen LogP contribution in [-0.4, -0.2) is 34.3 Å². The second-order valence-corrected chi connectivity index (χ2v) is 7.84. The van der Waals surface area contributed by atoms with E-state index in [0.29, 0.717) is 24.4 Å². The summed E-state index contributed by atoms with van der Waals surface area (Å²) in [6.07, 6.45) is 3.70. The number of hydrogen-bond acceptors (Lipinski definition) is 4. The van der Waals surface area contributed by atoms with Crippen molar-refractivity contribution in [1.29, 1.82) is 0 Å². The Bertz CT molecular complexity index is 775. The van der Waals surface area contributed by atoms with Gasteiger partial charge in [-0.05, 0) is 49.8 Å². The third-order valence-electron chi connectivity index (χ3n) is 6.10. The van der Waals surface area contributed by atoms with Gasteiger partial charge in [0.25, 0.3) is 0 Å². The van der Waals surface area contributed by atoms with Crippen LogP contribution in [0.1, 0.15) is 42.4 Å². The molecule has 0 saturated carbocycles. The first-order valence-corrected chi connectivity index (χ1v) is 9.40. The Morgan fingerprint density at radius 1 is 1.12 bits per heavy atom. The topological polar surface area (TPSA) is 52.9 Å². The molecule has 2 aromatic carbocycles. The summed E-state index contributed by atoms with van der Waals surface area (Å²) in [4.78, 5) is 2.46. The van der Waals surface area contributed by atoms with Crippen molar-refractivity contribution >= 4 is 0 Å². The zero-order chi connectivity index (χ0) is 18.3. The Labute approximate surface area is 155 Å². The second kappa shape index (κ2) is 6.60. The SMILES string of the molecule is COc1cc(C)cc(CN2C3CCC2CC(O)(c2ccccc2)C3)c1O. The van der Waals surface area contributed by atoms with Crippen molar-refractivity contribution in [2.75, 3.05) is 7.11 Å². The van der Waals surface area contributed by atoms with Gasteiger partial charge in [0.15, 0.2) is 11.5 Å². The molecule has 4 heteroatoms. The third-order valence-corrected chi connectivity index (χ3v) is 6.10. The van der Waals surface area contributed by atoms with Gasteiger partial charge in [-0.1, -0.05) is 36.4 Å². The maximum absolute atomic E-state index is 11.3. The number of aromatic hydroxyl groups is 1. The summed E-state index contributed by atoms with van der Waals surface area (Å²) in [6, 6.07) is 14.6. The largest absolute Gasteiger partial charge is 0.504 e. The minimum absolute atomic E-state index is 0.237. The maximum atomic E-state index is 11.3. The zero-order valence-corrected chi connectivity index (χ0v) is 15.5. The molecule has 0 aliphatic carbocycles. The molecular weight excluding hydrogens is 326 g/mol. The number of phenols is 1. The fourth-order valence-corrected chi connectivity index (χ4v) is 4.85. The monoisotopic (exact) mass is 353 g/mol. The summed E-state index contributed by atoms with van der Waals surface area (Å²) < 4.78 is 5.31. The van der Waals surface area contributed by atoms with E-state index in [1.165, 1.54) is 0 Å². The van der Waals surface area contributed by atoms with Gasteiger partial charge in [0, 0.05) is 24.2 Å². The van der Waals surface area contributed by atoms with Gasteiger partial charge in [-0.2, -0.15) is 0 Å². The Kier molecular flexibility index (Phi) is 4.41. The summed E-state index contributed by atoms with van der Waals surface area (Å²) in [5.41, 5.74) is 2.27. The number of phenolic OH excluding ortho intramolecular Hbond substituents is 1. The van der Waals surface area contributed by atoms with Crippen LogP contribution >= 0.6 is 0 Å². The molecular formula is C22H27NO3. The van der Waals surface area contributed by atoms with E-state index in [9.17, 15) is 10.2 Å². The molecule has 2 unspecified atom stereocenters. The summed E-state index contributed by atoms with van der Waals surface area (Å²) >= 11 is 0. The first-order chi connectivity index (χ1) is 12.5. The zero-order valence-electron chi connectivity index (χ0n) is 15.5. The molecule has 2 aromatic rings. The molecule has 4 rings (SSSR count). The van der Waals surface area contributed by atoms with Crippen LogP contribution in [0.15, 0.2) is 42.5 Å². The lowest BCUT2D eigenvalue weighted by atomic mass is 9.80. The average molecular weight is 353 g/mol. The minimum Gasteiger partial charge on any atom is -0.504 e. The van der Waals surface area contributed by atoms with Gasteiger partial charge in [0.2, 0.25) is 0 Å². The van der Waals surface area contributed by atoms with E-state index < -0.39 is 5.60 Å². The molecule has 0 aromatic heterocycles. The van der Waals surface area contributed by atoms with Crippen molar-refractivity contribution in [2.24, 2.45) is 0 Å². The van der Waals surface area contributed by atoms with Crippen LogP contribution in [0.4, 0.5) is 0 Å². The number of nitrogens with zero attached hydrogens (tertiary/aromatic N) is 1. The van der Waals surface area contributed by atoms with Gasteiger partial charge in [-0.3, -0.25) is 4.90 Å². The summed E-state index contributed by atoms with van der Waals surface area (Å²) in [7, 11) is 1.59. The number of benzene rings is 2. The highest BCUT2D eigenvalue weighted by molar-refractivity contribution is 5.48. The molecule has 2 fully saturated rings. The lowest BCUT2D eigenvalue weighted by Gasteiger charge is -2.44. The Hall–Kier alpha value is -2.04. The first kappa shape index (κ1) is 17.4. The minimum atomic E-state index is -0.740. The van der Waals surface area contributed by atoms with E-state index in [1.807, 2.05) is 49.4 Å². The van der Waals surface area contributed by atoms with Crippen molar-refractivity contribution in [3.8, 4) is 11.5 Å². The normalized spacial score (nSPS) is 28.3. The van der Waals surface area contributed by atoms with Gasteiger partial charge in [0.1, 0.15) is 0 Å². The predicted molar refractivity (Wildman–Crippen MR) is 101 cm³/mol. The van der Waals surface area contributed by atoms with Crippen molar-refractivity contribution < 1.29 is 14.9 Å². The van der Waals surface area contributed by atoms with Crippen molar-refractivity contribution in [2.45, 2.75) is 56.8 Å². The van der Waals surface area contributed by atoms with E-state index in [1.54, 1.807) is 7.11 Å². The number of fused-ring (bicyclic) bond motifs is 2. The lowest BCUT2D eigenvalue weighted by molar-refractivity contribution is -0.0596.